The van der Waals surface area contributed by atoms with Gasteiger partial charge in [0, 0.05) is 0 Å². The van der Waals surface area contributed by atoms with Crippen molar-refractivity contribution in [3.63, 3.8) is 0 Å². The Balaban J connectivity index is 1.87. The monoisotopic (exact) mass is 407 g/mol. The summed E-state index contributed by atoms with van der Waals surface area (Å²) in [6, 6.07) is 21.9. The molecule has 31 heavy (non-hydrogen) atoms. The Morgan fingerprint density at radius 1 is 0.548 bits per heavy atom. The van der Waals surface area contributed by atoms with Gasteiger partial charge in [0.1, 0.15) is 0 Å². The van der Waals surface area contributed by atoms with E-state index in [1.165, 1.54) is 4.90 Å². The van der Waals surface area contributed by atoms with E-state index in [0.29, 0.717) is 11.1 Å². The number of amides is 2. The molecule has 4 aromatic carbocycles. The average Bonchev–Trinajstić information content (AvgIpc) is 3.03. The topological polar surface area (TPSA) is 37.4 Å². The highest BCUT2D eigenvalue weighted by molar-refractivity contribution is 6.42. The zero-order chi connectivity index (χ0) is 21.9. The van der Waals surface area contributed by atoms with Crippen molar-refractivity contribution in [3.8, 4) is 0 Å². The lowest BCUT2D eigenvalue weighted by atomic mass is 9.92. The number of imide groups is 1. The molecule has 0 unspecified atom stereocenters. The fraction of sp³-hybridized carbons (Fsp3) is 0.214. The van der Waals surface area contributed by atoms with Gasteiger partial charge in [-0.15, -0.1) is 0 Å². The zero-order valence-corrected chi connectivity index (χ0v) is 18.3. The molecule has 5 rings (SSSR count). The summed E-state index contributed by atoms with van der Waals surface area (Å²) in [5.41, 5.74) is 3.84. The second-order valence-corrected chi connectivity index (χ2v) is 8.88. The molecule has 0 fully saturated rings. The van der Waals surface area contributed by atoms with E-state index >= 15 is 0 Å². The number of hydrogen-bond acceptors (Lipinski definition) is 2. The number of nitrogens with zero attached hydrogens (tertiary/aromatic N) is 1. The molecule has 4 aromatic rings. The first-order chi connectivity index (χ1) is 14.9. The third-order valence-electron chi connectivity index (χ3n) is 6.33. The maximum atomic E-state index is 13.9. The predicted molar refractivity (Wildman–Crippen MR) is 127 cm³/mol. The fourth-order valence-electron chi connectivity index (χ4n) is 4.87. The third kappa shape index (κ3) is 2.73. The molecular weight excluding hydrogens is 382 g/mol. The van der Waals surface area contributed by atoms with Gasteiger partial charge in [-0.25, -0.2) is 4.90 Å². The number of para-hydroxylation sites is 1. The normalized spacial score (nSPS) is 13.8. The van der Waals surface area contributed by atoms with Gasteiger partial charge in [-0.3, -0.25) is 9.59 Å². The van der Waals surface area contributed by atoms with Crippen molar-refractivity contribution >= 4 is 39.0 Å². The lowest BCUT2D eigenvalue weighted by Crippen LogP contribution is -2.31. The van der Waals surface area contributed by atoms with Crippen molar-refractivity contribution < 1.29 is 9.59 Å². The summed E-state index contributed by atoms with van der Waals surface area (Å²) in [6.45, 7) is 8.41. The van der Waals surface area contributed by atoms with Gasteiger partial charge in [0.15, 0.2) is 0 Å². The van der Waals surface area contributed by atoms with Crippen LogP contribution in [0.2, 0.25) is 0 Å². The molecule has 3 heteroatoms. The summed E-state index contributed by atoms with van der Waals surface area (Å²) in [7, 11) is 0. The van der Waals surface area contributed by atoms with Crippen molar-refractivity contribution in [3.05, 3.63) is 89.0 Å². The highest BCUT2D eigenvalue weighted by Gasteiger charge is 2.41. The molecule has 1 aliphatic heterocycles. The Kier molecular flexibility index (Phi) is 4.44. The Morgan fingerprint density at radius 3 is 1.32 bits per heavy atom. The summed E-state index contributed by atoms with van der Waals surface area (Å²) in [5.74, 6) is -0.0769. The first kappa shape index (κ1) is 19.5. The Hall–Kier alpha value is -3.46. The molecule has 0 atom stereocenters. The molecule has 0 saturated heterocycles. The quantitative estimate of drug-likeness (QED) is 0.270. The van der Waals surface area contributed by atoms with Crippen LogP contribution in [0.25, 0.3) is 21.5 Å². The van der Waals surface area contributed by atoms with Crippen LogP contribution in [0.15, 0.2) is 66.7 Å². The Bertz CT molecular complexity index is 1280. The van der Waals surface area contributed by atoms with Crippen molar-refractivity contribution in [2.24, 2.45) is 0 Å². The van der Waals surface area contributed by atoms with E-state index in [-0.39, 0.29) is 23.7 Å². The average molecular weight is 408 g/mol. The lowest BCUT2D eigenvalue weighted by molar-refractivity contribution is 0.0926. The predicted octanol–water partition coefficient (Wildman–Crippen LogP) is 7.04. The molecule has 1 aliphatic rings. The van der Waals surface area contributed by atoms with E-state index in [0.717, 1.165) is 38.4 Å². The molecule has 0 aliphatic carbocycles. The van der Waals surface area contributed by atoms with Crippen LogP contribution in [0.5, 0.6) is 0 Å². The maximum absolute atomic E-state index is 13.9. The van der Waals surface area contributed by atoms with E-state index in [1.54, 1.807) is 0 Å². The minimum atomic E-state index is -0.225. The number of hydrogen-bond donors (Lipinski definition) is 0. The van der Waals surface area contributed by atoms with E-state index < -0.39 is 0 Å². The summed E-state index contributed by atoms with van der Waals surface area (Å²) in [6.07, 6.45) is 0. The van der Waals surface area contributed by atoms with Crippen LogP contribution in [0, 0.1) is 0 Å². The molecule has 0 saturated carbocycles. The van der Waals surface area contributed by atoms with Gasteiger partial charge in [-0.2, -0.15) is 0 Å². The maximum Gasteiger partial charge on any atom is 0.266 e. The minimum absolute atomic E-state index is 0.187. The SMILES string of the molecule is CC(C)c1cccc(C(C)C)c1N1C(=O)c2c(c3ccccc3c3ccccc23)C1=O. The van der Waals surface area contributed by atoms with Gasteiger partial charge < -0.3 is 0 Å². The van der Waals surface area contributed by atoms with E-state index in [1.807, 2.05) is 66.7 Å². The molecule has 1 heterocycles. The van der Waals surface area contributed by atoms with Crippen molar-refractivity contribution in [1.29, 1.82) is 0 Å². The van der Waals surface area contributed by atoms with Gasteiger partial charge in [0.05, 0.1) is 16.8 Å². The second-order valence-electron chi connectivity index (χ2n) is 8.88. The van der Waals surface area contributed by atoms with E-state index in [2.05, 4.69) is 27.7 Å². The van der Waals surface area contributed by atoms with Crippen LogP contribution in [-0.2, 0) is 0 Å². The number of benzene rings is 4. The van der Waals surface area contributed by atoms with Crippen LogP contribution in [0.3, 0.4) is 0 Å². The van der Waals surface area contributed by atoms with Crippen LogP contribution >= 0.6 is 0 Å². The zero-order valence-electron chi connectivity index (χ0n) is 18.3. The van der Waals surface area contributed by atoms with Gasteiger partial charge in [-0.05, 0) is 44.5 Å². The second kappa shape index (κ2) is 7.05. The molecule has 0 aromatic heterocycles. The van der Waals surface area contributed by atoms with Crippen molar-refractivity contribution in [1.82, 2.24) is 0 Å². The molecule has 0 N–H and O–H groups in total. The molecule has 154 valence electrons. The molecule has 0 radical (unpaired) electrons. The molecular formula is C28H25NO2. The first-order valence-electron chi connectivity index (χ1n) is 10.9. The summed E-state index contributed by atoms with van der Waals surface area (Å²) < 4.78 is 0. The van der Waals surface area contributed by atoms with Crippen LogP contribution < -0.4 is 4.90 Å². The van der Waals surface area contributed by atoms with Crippen LogP contribution in [-0.4, -0.2) is 11.8 Å². The standard InChI is InChI=1S/C28H25NO2/c1-16(2)18-14-9-15-19(17(3)4)26(18)29-27(30)24-22-12-7-5-10-20(22)21-11-6-8-13-23(21)25(24)28(29)31/h5-17H,1-4H3. The highest BCUT2D eigenvalue weighted by atomic mass is 16.2. The number of fused-ring (bicyclic) bond motifs is 6. The smallest absolute Gasteiger partial charge is 0.266 e. The Labute approximate surface area is 182 Å². The Morgan fingerprint density at radius 2 is 0.935 bits per heavy atom. The molecule has 0 spiro atoms. The van der Waals surface area contributed by atoms with E-state index in [4.69, 9.17) is 0 Å². The number of carbonyl (C=O) groups excluding carboxylic acids is 2. The van der Waals surface area contributed by atoms with Crippen molar-refractivity contribution in [2.45, 2.75) is 39.5 Å². The first-order valence-corrected chi connectivity index (χ1v) is 10.9. The van der Waals surface area contributed by atoms with Gasteiger partial charge in [-0.1, -0.05) is 94.4 Å². The van der Waals surface area contributed by atoms with Crippen LogP contribution in [0.1, 0.15) is 71.4 Å². The van der Waals surface area contributed by atoms with Crippen LogP contribution in [0.4, 0.5) is 5.69 Å². The summed E-state index contributed by atoms with van der Waals surface area (Å²) in [5, 5.41) is 3.68. The molecule has 2 amide bonds. The van der Waals surface area contributed by atoms with Gasteiger partial charge in [0.2, 0.25) is 0 Å². The van der Waals surface area contributed by atoms with Gasteiger partial charge >= 0.3 is 0 Å². The number of rotatable bonds is 3. The van der Waals surface area contributed by atoms with E-state index in [9.17, 15) is 9.59 Å². The largest absolute Gasteiger partial charge is 0.268 e. The van der Waals surface area contributed by atoms with Crippen molar-refractivity contribution in [2.75, 3.05) is 4.90 Å². The summed E-state index contributed by atoms with van der Waals surface area (Å²) in [4.78, 5) is 29.3. The lowest BCUT2D eigenvalue weighted by Gasteiger charge is -2.25. The summed E-state index contributed by atoms with van der Waals surface area (Å²) >= 11 is 0. The number of anilines is 1. The fourth-order valence-corrected chi connectivity index (χ4v) is 4.87. The van der Waals surface area contributed by atoms with Gasteiger partial charge in [0.25, 0.3) is 11.8 Å². The highest BCUT2D eigenvalue weighted by Crippen LogP contribution is 2.43. The third-order valence-corrected chi connectivity index (χ3v) is 6.33. The minimum Gasteiger partial charge on any atom is -0.268 e. The molecule has 0 bridgehead atoms. The molecule has 3 nitrogen and oxygen atoms in total. The number of carbonyl (C=O) groups is 2.